The molecule has 11 rings (SSSR count). The Morgan fingerprint density at radius 1 is 0.328 bits per heavy atom. The predicted octanol–water partition coefficient (Wildman–Crippen LogP) is 12.8. The molecule has 0 amide bonds. The molecule has 0 saturated carbocycles. The van der Waals surface area contributed by atoms with E-state index >= 15 is 0 Å². The summed E-state index contributed by atoms with van der Waals surface area (Å²) in [6.07, 6.45) is 0. The van der Waals surface area contributed by atoms with Gasteiger partial charge in [-0.3, -0.25) is 0 Å². The standard InChI is InChI=1S/C58H42N2Si/c1-5-20-45(21-6-1)53-29-15-16-30-54(53)59(49-37-35-44(36-38-49)47-34-33-43-19-13-14-22-46(43)41-47)50-39-40-58-56(42-50)60(48-23-7-2-8-24-48)55-31-17-18-32-57(55)61(58,51-25-9-3-10-26-51)52-27-11-4-12-28-52/h1-42H. The molecule has 0 bridgehead atoms. The van der Waals surface area contributed by atoms with Crippen molar-refractivity contribution in [3.8, 4) is 22.3 Å². The third-order valence-corrected chi connectivity index (χ3v) is 17.2. The van der Waals surface area contributed by atoms with E-state index in [-0.39, 0.29) is 0 Å². The first-order valence-electron chi connectivity index (χ1n) is 21.0. The highest BCUT2D eigenvalue weighted by Crippen LogP contribution is 2.45. The van der Waals surface area contributed by atoms with Gasteiger partial charge in [0.15, 0.2) is 8.07 Å². The van der Waals surface area contributed by atoms with Crippen LogP contribution >= 0.6 is 0 Å². The van der Waals surface area contributed by atoms with E-state index in [0.717, 1.165) is 22.7 Å². The molecular formula is C58H42N2Si. The van der Waals surface area contributed by atoms with Gasteiger partial charge in [0.1, 0.15) is 0 Å². The third kappa shape index (κ3) is 6.26. The Hall–Kier alpha value is -7.72. The van der Waals surface area contributed by atoms with Gasteiger partial charge in [-0.05, 0) is 103 Å². The Balaban J connectivity index is 1.17. The van der Waals surface area contributed by atoms with Crippen molar-refractivity contribution >= 4 is 73.7 Å². The molecule has 10 aromatic rings. The zero-order chi connectivity index (χ0) is 40.6. The minimum Gasteiger partial charge on any atom is -0.311 e. The van der Waals surface area contributed by atoms with Gasteiger partial charge >= 0.3 is 0 Å². The maximum absolute atomic E-state index is 2.86. The molecule has 1 heterocycles. The lowest BCUT2D eigenvalue weighted by Crippen LogP contribution is -2.77. The zero-order valence-electron chi connectivity index (χ0n) is 33.6. The molecule has 0 saturated heterocycles. The van der Waals surface area contributed by atoms with Gasteiger partial charge in [-0.15, -0.1) is 0 Å². The fourth-order valence-corrected chi connectivity index (χ4v) is 14.7. The first-order chi connectivity index (χ1) is 30.3. The number of rotatable bonds is 8. The molecule has 0 spiro atoms. The number of anilines is 6. The molecule has 1 aliphatic rings. The molecule has 288 valence electrons. The zero-order valence-corrected chi connectivity index (χ0v) is 34.6. The van der Waals surface area contributed by atoms with E-state index in [0.29, 0.717) is 0 Å². The van der Waals surface area contributed by atoms with E-state index in [1.165, 1.54) is 65.1 Å². The molecule has 0 fully saturated rings. The van der Waals surface area contributed by atoms with E-state index in [4.69, 9.17) is 0 Å². The monoisotopic (exact) mass is 794 g/mol. The van der Waals surface area contributed by atoms with Crippen molar-refractivity contribution in [2.75, 3.05) is 9.80 Å². The van der Waals surface area contributed by atoms with Crippen LogP contribution in [0.15, 0.2) is 255 Å². The molecule has 1 aliphatic heterocycles. The molecule has 0 radical (unpaired) electrons. The van der Waals surface area contributed by atoms with Crippen LogP contribution in [-0.4, -0.2) is 8.07 Å². The highest BCUT2D eigenvalue weighted by molar-refractivity contribution is 7.21. The van der Waals surface area contributed by atoms with E-state index < -0.39 is 8.07 Å². The summed E-state index contributed by atoms with van der Waals surface area (Å²) in [6.45, 7) is 0. The second-order valence-electron chi connectivity index (χ2n) is 15.7. The first kappa shape index (κ1) is 36.4. The van der Waals surface area contributed by atoms with Gasteiger partial charge in [-0.2, -0.15) is 0 Å². The lowest BCUT2D eigenvalue weighted by Gasteiger charge is -2.45. The molecule has 3 heteroatoms. The van der Waals surface area contributed by atoms with Crippen molar-refractivity contribution in [3.05, 3.63) is 255 Å². The molecule has 2 nitrogen and oxygen atoms in total. The van der Waals surface area contributed by atoms with Crippen LogP contribution in [0.4, 0.5) is 34.1 Å². The molecule has 10 aromatic carbocycles. The van der Waals surface area contributed by atoms with E-state index in [1.54, 1.807) is 0 Å². The van der Waals surface area contributed by atoms with E-state index in [2.05, 4.69) is 265 Å². The predicted molar refractivity (Wildman–Crippen MR) is 261 cm³/mol. The number of para-hydroxylation sites is 3. The minimum absolute atomic E-state index is 1.09. The normalized spacial score (nSPS) is 12.7. The molecular weight excluding hydrogens is 753 g/mol. The minimum atomic E-state index is -2.86. The largest absolute Gasteiger partial charge is 0.311 e. The van der Waals surface area contributed by atoms with E-state index in [9.17, 15) is 0 Å². The maximum Gasteiger partial charge on any atom is 0.184 e. The molecule has 0 unspecified atom stereocenters. The molecule has 0 aliphatic carbocycles. The average molecular weight is 795 g/mol. The van der Waals surface area contributed by atoms with Crippen LogP contribution in [0, 0.1) is 0 Å². The molecule has 0 atom stereocenters. The number of hydrogen-bond donors (Lipinski definition) is 0. The lowest BCUT2D eigenvalue weighted by molar-refractivity contribution is 1.25. The molecule has 61 heavy (non-hydrogen) atoms. The molecule has 0 aromatic heterocycles. The Morgan fingerprint density at radius 2 is 0.869 bits per heavy atom. The average Bonchev–Trinajstić information content (AvgIpc) is 3.34. The number of nitrogens with zero attached hydrogens (tertiary/aromatic N) is 2. The SMILES string of the molecule is c1ccc(-c2ccccc2N(c2ccc(-c3ccc4ccccc4c3)cc2)c2ccc3c(c2)N(c2ccccc2)c2ccccc2[Si]3(c2ccccc2)c2ccccc2)cc1. The highest BCUT2D eigenvalue weighted by atomic mass is 28.3. The number of benzene rings is 10. The summed E-state index contributed by atoms with van der Waals surface area (Å²) in [4.78, 5) is 4.94. The van der Waals surface area contributed by atoms with Gasteiger partial charge in [0.25, 0.3) is 0 Å². The Kier molecular flexibility index (Phi) is 9.22. The van der Waals surface area contributed by atoms with Crippen LogP contribution in [0.2, 0.25) is 0 Å². The summed E-state index contributed by atoms with van der Waals surface area (Å²) in [5.41, 5.74) is 11.6. The smallest absolute Gasteiger partial charge is 0.184 e. The van der Waals surface area contributed by atoms with Crippen molar-refractivity contribution in [1.82, 2.24) is 0 Å². The summed E-state index contributed by atoms with van der Waals surface area (Å²) in [5.74, 6) is 0. The van der Waals surface area contributed by atoms with Gasteiger partial charge in [0.2, 0.25) is 0 Å². The van der Waals surface area contributed by atoms with Crippen molar-refractivity contribution in [3.63, 3.8) is 0 Å². The van der Waals surface area contributed by atoms with Crippen LogP contribution in [-0.2, 0) is 0 Å². The Bertz CT molecular complexity index is 3090. The van der Waals surface area contributed by atoms with Gasteiger partial charge in [-0.25, -0.2) is 0 Å². The number of hydrogen-bond acceptors (Lipinski definition) is 2. The summed E-state index contributed by atoms with van der Waals surface area (Å²) in [7, 11) is -2.86. The topological polar surface area (TPSA) is 6.48 Å². The van der Waals surface area contributed by atoms with Crippen LogP contribution in [0.25, 0.3) is 33.0 Å². The summed E-state index contributed by atoms with van der Waals surface area (Å²) in [6, 6.07) is 93.7. The van der Waals surface area contributed by atoms with Crippen molar-refractivity contribution in [2.45, 2.75) is 0 Å². The van der Waals surface area contributed by atoms with E-state index in [1.807, 2.05) is 0 Å². The Morgan fingerprint density at radius 3 is 1.59 bits per heavy atom. The second-order valence-corrected chi connectivity index (χ2v) is 19.4. The highest BCUT2D eigenvalue weighted by Gasteiger charge is 2.49. The fourth-order valence-electron chi connectivity index (χ4n) is 9.57. The summed E-state index contributed by atoms with van der Waals surface area (Å²) < 4.78 is 0. The third-order valence-electron chi connectivity index (χ3n) is 12.3. The van der Waals surface area contributed by atoms with Crippen LogP contribution in [0.3, 0.4) is 0 Å². The van der Waals surface area contributed by atoms with Crippen LogP contribution in [0.5, 0.6) is 0 Å². The first-order valence-corrected chi connectivity index (χ1v) is 23.0. The lowest BCUT2D eigenvalue weighted by atomic mass is 9.99. The Labute approximate surface area is 358 Å². The summed E-state index contributed by atoms with van der Waals surface area (Å²) in [5, 5.41) is 7.97. The van der Waals surface area contributed by atoms with Crippen molar-refractivity contribution in [2.24, 2.45) is 0 Å². The summed E-state index contributed by atoms with van der Waals surface area (Å²) >= 11 is 0. The van der Waals surface area contributed by atoms with Gasteiger partial charge < -0.3 is 9.80 Å². The molecule has 0 N–H and O–H groups in total. The maximum atomic E-state index is 2.50. The van der Waals surface area contributed by atoms with Gasteiger partial charge in [0.05, 0.1) is 5.69 Å². The van der Waals surface area contributed by atoms with Crippen molar-refractivity contribution < 1.29 is 0 Å². The quantitative estimate of drug-likeness (QED) is 0.141. The van der Waals surface area contributed by atoms with Crippen molar-refractivity contribution in [1.29, 1.82) is 0 Å². The second kappa shape index (κ2) is 15.5. The van der Waals surface area contributed by atoms with Gasteiger partial charge in [0, 0.05) is 34.0 Å². The number of fused-ring (bicyclic) bond motifs is 3. The van der Waals surface area contributed by atoms with Crippen LogP contribution in [0.1, 0.15) is 0 Å². The fraction of sp³-hybridized carbons (Fsp3) is 0. The van der Waals surface area contributed by atoms with Gasteiger partial charge in [-0.1, -0.05) is 200 Å². The van der Waals surface area contributed by atoms with Crippen LogP contribution < -0.4 is 30.5 Å².